The van der Waals surface area contributed by atoms with E-state index < -0.39 is 5.41 Å². The second-order valence-corrected chi connectivity index (χ2v) is 7.95. The zero-order valence-electron chi connectivity index (χ0n) is 17.6. The van der Waals surface area contributed by atoms with Gasteiger partial charge in [-0.15, -0.1) is 0 Å². The van der Waals surface area contributed by atoms with Crippen LogP contribution < -0.4 is 4.74 Å². The Kier molecular flexibility index (Phi) is 7.74. The maximum Gasteiger partial charge on any atom is 0.233 e. The minimum absolute atomic E-state index is 0.236. The van der Waals surface area contributed by atoms with Crippen molar-refractivity contribution in [1.29, 1.82) is 0 Å². The zero-order valence-corrected chi connectivity index (χ0v) is 17.6. The maximum atomic E-state index is 13.3. The lowest BCUT2D eigenvalue weighted by Crippen LogP contribution is -2.49. The van der Waals surface area contributed by atoms with E-state index in [0.29, 0.717) is 13.2 Å². The molecule has 2 saturated heterocycles. The molecule has 156 valence electrons. The number of hydrogen-bond donors (Lipinski definition) is 0. The third-order valence-electron chi connectivity index (χ3n) is 6.30. The van der Waals surface area contributed by atoms with Crippen LogP contribution in [0.1, 0.15) is 51.5 Å². The van der Waals surface area contributed by atoms with Crippen molar-refractivity contribution in [2.45, 2.75) is 51.4 Å². The first-order chi connectivity index (χ1) is 13.7. The Hall–Kier alpha value is -1.59. The molecule has 0 radical (unpaired) electrons. The molecule has 0 aromatic heterocycles. The van der Waals surface area contributed by atoms with Crippen molar-refractivity contribution in [3.63, 3.8) is 0 Å². The van der Waals surface area contributed by atoms with E-state index in [2.05, 4.69) is 17.0 Å². The highest BCUT2D eigenvalue weighted by atomic mass is 16.5. The highest BCUT2D eigenvalue weighted by Crippen LogP contribution is 2.37. The van der Waals surface area contributed by atoms with Gasteiger partial charge in [0.2, 0.25) is 5.91 Å². The summed E-state index contributed by atoms with van der Waals surface area (Å²) in [5.41, 5.74) is 0.635. The fraction of sp³-hybridized carbons (Fsp3) is 0.696. The molecule has 0 aliphatic carbocycles. The summed E-state index contributed by atoms with van der Waals surface area (Å²) in [4.78, 5) is 17.8. The monoisotopic (exact) mass is 388 g/mol. The number of likely N-dealkylation sites (tertiary alicyclic amines) is 1. The molecule has 0 atom stereocenters. The Bertz CT molecular complexity index is 601. The molecular weight excluding hydrogens is 352 g/mol. The Morgan fingerprint density at radius 1 is 1.11 bits per heavy atom. The van der Waals surface area contributed by atoms with Crippen molar-refractivity contribution in [1.82, 2.24) is 9.80 Å². The molecule has 2 fully saturated rings. The number of hydrogen-bond acceptors (Lipinski definition) is 4. The lowest BCUT2D eigenvalue weighted by Gasteiger charge is -2.39. The third-order valence-corrected chi connectivity index (χ3v) is 6.30. The molecule has 2 aliphatic rings. The van der Waals surface area contributed by atoms with Crippen LogP contribution in [-0.2, 0) is 14.9 Å². The molecule has 0 N–H and O–H groups in total. The normalized spacial score (nSPS) is 19.5. The van der Waals surface area contributed by atoms with Gasteiger partial charge in [0.15, 0.2) is 0 Å². The summed E-state index contributed by atoms with van der Waals surface area (Å²) in [5, 5.41) is 0. The third kappa shape index (κ3) is 4.87. The summed E-state index contributed by atoms with van der Waals surface area (Å²) in [7, 11) is 0. The molecule has 5 heteroatoms. The molecule has 0 unspecified atom stereocenters. The topological polar surface area (TPSA) is 42.0 Å². The van der Waals surface area contributed by atoms with Crippen LogP contribution in [0.15, 0.2) is 24.3 Å². The summed E-state index contributed by atoms with van der Waals surface area (Å²) in [6.07, 6.45) is 5.23. The van der Waals surface area contributed by atoms with Gasteiger partial charge in [0, 0.05) is 32.8 Å². The Balaban J connectivity index is 1.62. The first-order valence-electron chi connectivity index (χ1n) is 11.0. The molecule has 2 aliphatic heterocycles. The number of amides is 1. The highest BCUT2D eigenvalue weighted by molar-refractivity contribution is 5.88. The summed E-state index contributed by atoms with van der Waals surface area (Å²) >= 11 is 0. The molecule has 28 heavy (non-hydrogen) atoms. The van der Waals surface area contributed by atoms with Gasteiger partial charge in [-0.3, -0.25) is 4.79 Å². The Labute approximate surface area is 170 Å². The van der Waals surface area contributed by atoms with Gasteiger partial charge in [-0.1, -0.05) is 12.1 Å². The Morgan fingerprint density at radius 2 is 1.75 bits per heavy atom. The smallest absolute Gasteiger partial charge is 0.233 e. The van der Waals surface area contributed by atoms with Crippen molar-refractivity contribution in [2.24, 2.45) is 0 Å². The van der Waals surface area contributed by atoms with Crippen molar-refractivity contribution in [3.8, 4) is 5.75 Å². The Morgan fingerprint density at radius 3 is 2.36 bits per heavy atom. The molecule has 1 amide bonds. The second-order valence-electron chi connectivity index (χ2n) is 7.95. The molecule has 3 rings (SSSR count). The first kappa shape index (κ1) is 21.1. The van der Waals surface area contributed by atoms with E-state index in [9.17, 15) is 4.79 Å². The van der Waals surface area contributed by atoms with E-state index in [4.69, 9.17) is 9.47 Å². The molecule has 0 spiro atoms. The van der Waals surface area contributed by atoms with Crippen LogP contribution >= 0.6 is 0 Å². The molecule has 1 aromatic rings. The molecule has 0 saturated carbocycles. The quantitative estimate of drug-likeness (QED) is 0.608. The number of likely N-dealkylation sites (N-methyl/N-ethyl adjacent to an activating group) is 1. The van der Waals surface area contributed by atoms with Crippen LogP contribution in [0, 0.1) is 0 Å². The minimum atomic E-state index is -0.460. The van der Waals surface area contributed by atoms with Gasteiger partial charge in [-0.2, -0.15) is 0 Å². The molecule has 2 heterocycles. The number of nitrogens with zero attached hydrogens (tertiary/aromatic N) is 2. The van der Waals surface area contributed by atoms with Crippen molar-refractivity contribution < 1.29 is 14.3 Å². The van der Waals surface area contributed by atoms with Crippen LogP contribution in [-0.4, -0.2) is 68.3 Å². The number of carbonyl (C=O) groups excluding carboxylic acids is 1. The lowest BCUT2D eigenvalue weighted by molar-refractivity contribution is -0.141. The van der Waals surface area contributed by atoms with Gasteiger partial charge in [0.25, 0.3) is 0 Å². The first-order valence-corrected chi connectivity index (χ1v) is 11.0. The molecular formula is C23H36N2O3. The summed E-state index contributed by atoms with van der Waals surface area (Å²) in [6, 6.07) is 8.22. The fourth-order valence-electron chi connectivity index (χ4n) is 4.51. The zero-order chi connectivity index (χ0) is 19.8. The van der Waals surface area contributed by atoms with Crippen LogP contribution in [0.3, 0.4) is 0 Å². The van der Waals surface area contributed by atoms with Gasteiger partial charge >= 0.3 is 0 Å². The van der Waals surface area contributed by atoms with Gasteiger partial charge in [-0.25, -0.2) is 0 Å². The number of benzene rings is 1. The number of carbonyl (C=O) groups is 1. The van der Waals surface area contributed by atoms with E-state index in [1.165, 1.54) is 25.9 Å². The summed E-state index contributed by atoms with van der Waals surface area (Å²) in [6.45, 7) is 11.2. The van der Waals surface area contributed by atoms with E-state index in [1.54, 1.807) is 0 Å². The fourth-order valence-corrected chi connectivity index (χ4v) is 4.51. The van der Waals surface area contributed by atoms with Gasteiger partial charge in [-0.05, 0) is 76.7 Å². The number of ether oxygens (including phenoxy) is 2. The van der Waals surface area contributed by atoms with Crippen molar-refractivity contribution >= 4 is 5.91 Å². The van der Waals surface area contributed by atoms with Crippen LogP contribution in [0.4, 0.5) is 0 Å². The van der Waals surface area contributed by atoms with Gasteiger partial charge in [0.1, 0.15) is 5.75 Å². The largest absolute Gasteiger partial charge is 0.494 e. The summed E-state index contributed by atoms with van der Waals surface area (Å²) < 4.78 is 11.5. The summed E-state index contributed by atoms with van der Waals surface area (Å²) in [5.74, 6) is 1.13. The standard InChI is InChI=1S/C23H36N2O3/c1-3-25(4-2)22(26)23(12-18-27-19-13-23)20-8-10-21(11-9-20)28-17-7-16-24-14-5-6-15-24/h8-11H,3-7,12-19H2,1-2H3. The van der Waals surface area contributed by atoms with E-state index in [-0.39, 0.29) is 5.91 Å². The second kappa shape index (κ2) is 10.3. The average molecular weight is 389 g/mol. The van der Waals surface area contributed by atoms with Gasteiger partial charge in [0.05, 0.1) is 12.0 Å². The number of rotatable bonds is 9. The lowest BCUT2D eigenvalue weighted by atomic mass is 9.73. The highest BCUT2D eigenvalue weighted by Gasteiger charge is 2.43. The van der Waals surface area contributed by atoms with Crippen LogP contribution in [0.2, 0.25) is 0 Å². The van der Waals surface area contributed by atoms with Crippen LogP contribution in [0.25, 0.3) is 0 Å². The molecule has 0 bridgehead atoms. The molecule has 1 aromatic carbocycles. The predicted molar refractivity (Wildman–Crippen MR) is 112 cm³/mol. The van der Waals surface area contributed by atoms with Gasteiger partial charge < -0.3 is 19.3 Å². The SMILES string of the molecule is CCN(CC)C(=O)C1(c2ccc(OCCCN3CCCC3)cc2)CCOCC1. The van der Waals surface area contributed by atoms with Crippen molar-refractivity contribution in [2.75, 3.05) is 52.5 Å². The van der Waals surface area contributed by atoms with E-state index >= 15 is 0 Å². The molecule has 5 nitrogen and oxygen atoms in total. The van der Waals surface area contributed by atoms with E-state index in [1.807, 2.05) is 30.9 Å². The predicted octanol–water partition coefficient (Wildman–Crippen LogP) is 3.47. The van der Waals surface area contributed by atoms with E-state index in [0.717, 1.165) is 56.8 Å². The maximum absolute atomic E-state index is 13.3. The average Bonchev–Trinajstić information content (AvgIpc) is 3.26. The minimum Gasteiger partial charge on any atom is -0.494 e. The van der Waals surface area contributed by atoms with Crippen molar-refractivity contribution in [3.05, 3.63) is 29.8 Å². The van der Waals surface area contributed by atoms with Crippen LogP contribution in [0.5, 0.6) is 5.75 Å².